The fourth-order valence-corrected chi connectivity index (χ4v) is 1.57. The van der Waals surface area contributed by atoms with Gasteiger partial charge in [0.1, 0.15) is 0 Å². The summed E-state index contributed by atoms with van der Waals surface area (Å²) in [6.07, 6.45) is 3.15. The number of para-hydroxylation sites is 1. The number of ether oxygens (including phenoxy) is 1. The van der Waals surface area contributed by atoms with Crippen molar-refractivity contribution in [1.29, 1.82) is 0 Å². The van der Waals surface area contributed by atoms with Crippen LogP contribution in [0, 0.1) is 0 Å². The molecule has 0 fully saturated rings. The SMILES string of the molecule is COC(=O)CCCCCN=C(N)Nc1ccccc1. The molecule has 0 heterocycles. The van der Waals surface area contributed by atoms with Crippen molar-refractivity contribution in [2.45, 2.75) is 25.7 Å². The van der Waals surface area contributed by atoms with E-state index in [-0.39, 0.29) is 5.97 Å². The minimum Gasteiger partial charge on any atom is -0.469 e. The van der Waals surface area contributed by atoms with Gasteiger partial charge < -0.3 is 15.8 Å². The van der Waals surface area contributed by atoms with E-state index in [0.717, 1.165) is 24.9 Å². The highest BCUT2D eigenvalue weighted by Crippen LogP contribution is 2.04. The number of carbonyl (C=O) groups is 1. The van der Waals surface area contributed by atoms with Crippen molar-refractivity contribution < 1.29 is 9.53 Å². The third kappa shape index (κ3) is 7.08. The zero-order valence-electron chi connectivity index (χ0n) is 11.3. The Morgan fingerprint density at radius 3 is 2.68 bits per heavy atom. The molecule has 0 aliphatic heterocycles. The summed E-state index contributed by atoms with van der Waals surface area (Å²) >= 11 is 0. The smallest absolute Gasteiger partial charge is 0.305 e. The van der Waals surface area contributed by atoms with Gasteiger partial charge in [-0.05, 0) is 25.0 Å². The van der Waals surface area contributed by atoms with E-state index in [1.165, 1.54) is 7.11 Å². The van der Waals surface area contributed by atoms with Gasteiger partial charge >= 0.3 is 5.97 Å². The van der Waals surface area contributed by atoms with E-state index in [9.17, 15) is 4.79 Å². The lowest BCUT2D eigenvalue weighted by atomic mass is 10.2. The second-order valence-electron chi connectivity index (χ2n) is 4.14. The van der Waals surface area contributed by atoms with Crippen molar-refractivity contribution >= 4 is 17.6 Å². The summed E-state index contributed by atoms with van der Waals surface area (Å²) in [7, 11) is 1.41. The molecule has 0 spiro atoms. The van der Waals surface area contributed by atoms with Crippen molar-refractivity contribution in [2.24, 2.45) is 10.7 Å². The second kappa shape index (κ2) is 8.97. The number of carbonyl (C=O) groups excluding carboxylic acids is 1. The highest BCUT2D eigenvalue weighted by molar-refractivity contribution is 5.92. The van der Waals surface area contributed by atoms with E-state index in [2.05, 4.69) is 15.0 Å². The van der Waals surface area contributed by atoms with Crippen LogP contribution in [0.4, 0.5) is 5.69 Å². The summed E-state index contributed by atoms with van der Waals surface area (Å²) in [5, 5.41) is 3.01. The number of benzene rings is 1. The first-order valence-electron chi connectivity index (χ1n) is 6.41. The van der Waals surface area contributed by atoms with Crippen LogP contribution in [0.15, 0.2) is 35.3 Å². The molecule has 19 heavy (non-hydrogen) atoms. The maximum absolute atomic E-state index is 10.9. The van der Waals surface area contributed by atoms with Crippen molar-refractivity contribution in [2.75, 3.05) is 19.0 Å². The van der Waals surface area contributed by atoms with Gasteiger partial charge in [0, 0.05) is 18.7 Å². The molecule has 1 aromatic rings. The summed E-state index contributed by atoms with van der Waals surface area (Å²) in [6.45, 7) is 0.660. The van der Waals surface area contributed by atoms with E-state index in [0.29, 0.717) is 18.9 Å². The zero-order valence-corrected chi connectivity index (χ0v) is 11.3. The number of aliphatic imine (C=N–C) groups is 1. The molecule has 0 atom stereocenters. The van der Waals surface area contributed by atoms with Crippen LogP contribution in [0.5, 0.6) is 0 Å². The third-order valence-corrected chi connectivity index (χ3v) is 2.60. The van der Waals surface area contributed by atoms with Crippen LogP contribution in [0.1, 0.15) is 25.7 Å². The van der Waals surface area contributed by atoms with Crippen LogP contribution in [-0.2, 0) is 9.53 Å². The lowest BCUT2D eigenvalue weighted by Crippen LogP contribution is -2.22. The van der Waals surface area contributed by atoms with Crippen LogP contribution in [0.3, 0.4) is 0 Å². The molecule has 0 saturated heterocycles. The summed E-state index contributed by atoms with van der Waals surface area (Å²) < 4.78 is 4.56. The Morgan fingerprint density at radius 1 is 1.26 bits per heavy atom. The minimum absolute atomic E-state index is 0.159. The molecule has 1 rings (SSSR count). The van der Waals surface area contributed by atoms with Gasteiger partial charge in [0.2, 0.25) is 0 Å². The molecule has 0 bridgehead atoms. The van der Waals surface area contributed by atoms with Gasteiger partial charge in [-0.3, -0.25) is 9.79 Å². The number of guanidine groups is 1. The Balaban J connectivity index is 2.13. The average Bonchev–Trinajstić information content (AvgIpc) is 2.43. The number of nitrogens with two attached hydrogens (primary N) is 1. The van der Waals surface area contributed by atoms with Crippen molar-refractivity contribution in [1.82, 2.24) is 0 Å². The Labute approximate surface area is 113 Å². The fraction of sp³-hybridized carbons (Fsp3) is 0.429. The highest BCUT2D eigenvalue weighted by Gasteiger charge is 1.99. The van der Waals surface area contributed by atoms with Crippen LogP contribution in [0.25, 0.3) is 0 Å². The van der Waals surface area contributed by atoms with Gasteiger partial charge in [-0.25, -0.2) is 0 Å². The van der Waals surface area contributed by atoms with Crippen molar-refractivity contribution in [3.8, 4) is 0 Å². The predicted molar refractivity (Wildman–Crippen MR) is 77.0 cm³/mol. The number of anilines is 1. The first-order chi connectivity index (χ1) is 9.22. The monoisotopic (exact) mass is 263 g/mol. The summed E-state index contributed by atoms with van der Waals surface area (Å²) in [6, 6.07) is 9.67. The van der Waals surface area contributed by atoms with E-state index in [4.69, 9.17) is 5.73 Å². The molecule has 0 amide bonds. The van der Waals surface area contributed by atoms with Gasteiger partial charge in [-0.15, -0.1) is 0 Å². The molecule has 104 valence electrons. The van der Waals surface area contributed by atoms with Crippen LogP contribution < -0.4 is 11.1 Å². The topological polar surface area (TPSA) is 76.7 Å². The van der Waals surface area contributed by atoms with E-state index in [1.54, 1.807) is 0 Å². The molecule has 3 N–H and O–H groups in total. The second-order valence-corrected chi connectivity index (χ2v) is 4.14. The Bertz CT molecular complexity index is 404. The van der Waals surface area contributed by atoms with Crippen molar-refractivity contribution in [3.05, 3.63) is 30.3 Å². The highest BCUT2D eigenvalue weighted by atomic mass is 16.5. The van der Waals surface area contributed by atoms with Crippen LogP contribution in [-0.4, -0.2) is 25.6 Å². The first kappa shape index (κ1) is 15.0. The number of hydrogen-bond donors (Lipinski definition) is 2. The van der Waals surface area contributed by atoms with E-state index < -0.39 is 0 Å². The molecule has 0 aliphatic rings. The summed E-state index contributed by atoms with van der Waals surface area (Å²) in [4.78, 5) is 15.1. The number of hydrogen-bond acceptors (Lipinski definition) is 3. The van der Waals surface area contributed by atoms with Gasteiger partial charge in [-0.1, -0.05) is 24.6 Å². The van der Waals surface area contributed by atoms with Gasteiger partial charge in [0.15, 0.2) is 5.96 Å². The molecule has 0 unspecified atom stereocenters. The average molecular weight is 263 g/mol. The maximum atomic E-state index is 10.9. The number of esters is 1. The predicted octanol–water partition coefficient (Wildman–Crippen LogP) is 2.15. The summed E-state index contributed by atoms with van der Waals surface area (Å²) in [5.74, 6) is 0.257. The number of nitrogens with zero attached hydrogens (tertiary/aromatic N) is 1. The van der Waals surface area contributed by atoms with Gasteiger partial charge in [0.25, 0.3) is 0 Å². The van der Waals surface area contributed by atoms with Crippen LogP contribution in [0.2, 0.25) is 0 Å². The number of nitrogens with one attached hydrogen (secondary N) is 1. The molecule has 0 aliphatic carbocycles. The van der Waals surface area contributed by atoms with Gasteiger partial charge in [-0.2, -0.15) is 0 Å². The molecule has 1 aromatic carbocycles. The van der Waals surface area contributed by atoms with Crippen LogP contribution >= 0.6 is 0 Å². The molecular formula is C14H21N3O2. The molecule has 5 heteroatoms. The standard InChI is InChI=1S/C14H21N3O2/c1-19-13(18)10-6-3-7-11-16-14(15)17-12-8-4-2-5-9-12/h2,4-5,8-9H,3,6-7,10-11H2,1H3,(H3,15,16,17). The Morgan fingerprint density at radius 2 is 2.00 bits per heavy atom. The number of unbranched alkanes of at least 4 members (excludes halogenated alkanes) is 2. The third-order valence-electron chi connectivity index (χ3n) is 2.60. The fourth-order valence-electron chi connectivity index (χ4n) is 1.57. The molecule has 0 radical (unpaired) electrons. The summed E-state index contributed by atoms with van der Waals surface area (Å²) in [5.41, 5.74) is 6.68. The largest absolute Gasteiger partial charge is 0.469 e. The quantitative estimate of drug-likeness (QED) is 0.342. The lowest BCUT2D eigenvalue weighted by Gasteiger charge is -2.05. The maximum Gasteiger partial charge on any atom is 0.305 e. The Hall–Kier alpha value is -2.04. The van der Waals surface area contributed by atoms with Gasteiger partial charge in [0.05, 0.1) is 7.11 Å². The normalized spacial score (nSPS) is 11.1. The first-order valence-corrected chi connectivity index (χ1v) is 6.41. The Kier molecular flexibility index (Phi) is 7.09. The molecule has 0 saturated carbocycles. The number of rotatable bonds is 7. The number of methoxy groups -OCH3 is 1. The molecule has 0 aromatic heterocycles. The zero-order chi connectivity index (χ0) is 13.9. The van der Waals surface area contributed by atoms with E-state index >= 15 is 0 Å². The lowest BCUT2D eigenvalue weighted by molar-refractivity contribution is -0.140. The molecule has 5 nitrogen and oxygen atoms in total. The van der Waals surface area contributed by atoms with E-state index in [1.807, 2.05) is 30.3 Å². The molecular weight excluding hydrogens is 242 g/mol. The minimum atomic E-state index is -0.159. The van der Waals surface area contributed by atoms with Crippen molar-refractivity contribution in [3.63, 3.8) is 0 Å².